The molecule has 29 heavy (non-hydrogen) atoms. The van der Waals surface area contributed by atoms with E-state index in [4.69, 9.17) is 0 Å². The summed E-state index contributed by atoms with van der Waals surface area (Å²) in [5.41, 5.74) is 0. The largest absolute Gasteiger partial charge is 0.339 e. The predicted molar refractivity (Wildman–Crippen MR) is 120 cm³/mol. The lowest BCUT2D eigenvalue weighted by Gasteiger charge is -2.34. The van der Waals surface area contributed by atoms with Gasteiger partial charge in [-0.25, -0.2) is 8.42 Å². The molecular weight excluding hydrogens is 424 g/mol. The first kappa shape index (κ1) is 20.4. The summed E-state index contributed by atoms with van der Waals surface area (Å²) < 4.78 is 27.5. The number of thiophene rings is 1. The summed E-state index contributed by atoms with van der Waals surface area (Å²) >= 11 is 3.30. The van der Waals surface area contributed by atoms with E-state index in [1.165, 1.54) is 9.18 Å². The zero-order valence-corrected chi connectivity index (χ0v) is 18.3. The van der Waals surface area contributed by atoms with Gasteiger partial charge in [0.05, 0.1) is 10.6 Å². The molecule has 1 saturated heterocycles. The quantitative estimate of drug-likeness (QED) is 0.580. The second kappa shape index (κ2) is 8.87. The van der Waals surface area contributed by atoms with Gasteiger partial charge >= 0.3 is 0 Å². The molecule has 1 fully saturated rings. The highest BCUT2D eigenvalue weighted by molar-refractivity contribution is 7.99. The SMILES string of the molecule is O=C(CSCc1cccs1)N1CCN(S(=O)(=O)c2ccc3ccccc3c2)CC1. The minimum Gasteiger partial charge on any atom is -0.339 e. The van der Waals surface area contributed by atoms with E-state index in [0.29, 0.717) is 36.8 Å². The van der Waals surface area contributed by atoms with E-state index in [2.05, 4.69) is 6.07 Å². The fraction of sp³-hybridized carbons (Fsp3) is 0.286. The van der Waals surface area contributed by atoms with Crippen LogP contribution < -0.4 is 0 Å². The van der Waals surface area contributed by atoms with Crippen molar-refractivity contribution in [2.45, 2.75) is 10.6 Å². The van der Waals surface area contributed by atoms with Gasteiger partial charge in [-0.1, -0.05) is 36.4 Å². The van der Waals surface area contributed by atoms with Crippen molar-refractivity contribution in [3.63, 3.8) is 0 Å². The van der Waals surface area contributed by atoms with Crippen molar-refractivity contribution in [3.05, 3.63) is 64.9 Å². The first-order valence-corrected chi connectivity index (χ1v) is 12.9. The second-order valence-corrected chi connectivity index (χ2v) is 10.8. The Kier molecular flexibility index (Phi) is 6.24. The Morgan fingerprint density at radius 1 is 0.966 bits per heavy atom. The summed E-state index contributed by atoms with van der Waals surface area (Å²) in [4.78, 5) is 15.8. The van der Waals surface area contributed by atoms with Gasteiger partial charge < -0.3 is 4.90 Å². The minimum atomic E-state index is -3.56. The Hall–Kier alpha value is -1.87. The second-order valence-electron chi connectivity index (χ2n) is 6.87. The summed E-state index contributed by atoms with van der Waals surface area (Å²) in [6.07, 6.45) is 0. The number of fused-ring (bicyclic) bond motifs is 1. The van der Waals surface area contributed by atoms with Crippen LogP contribution in [-0.2, 0) is 20.6 Å². The number of piperazine rings is 1. The molecule has 0 bridgehead atoms. The number of sulfonamides is 1. The van der Waals surface area contributed by atoms with Gasteiger partial charge in [0, 0.05) is 36.8 Å². The third kappa shape index (κ3) is 4.66. The highest BCUT2D eigenvalue weighted by Gasteiger charge is 2.30. The van der Waals surface area contributed by atoms with E-state index < -0.39 is 10.0 Å². The molecule has 0 spiro atoms. The molecule has 8 heteroatoms. The predicted octanol–water partition coefficient (Wildman–Crippen LogP) is 3.67. The van der Waals surface area contributed by atoms with Crippen molar-refractivity contribution in [2.24, 2.45) is 0 Å². The first-order valence-electron chi connectivity index (χ1n) is 9.41. The molecule has 2 heterocycles. The van der Waals surface area contributed by atoms with E-state index in [0.717, 1.165) is 16.5 Å². The molecule has 0 aliphatic carbocycles. The maximum absolute atomic E-state index is 13.0. The number of benzene rings is 2. The van der Waals surface area contributed by atoms with E-state index in [-0.39, 0.29) is 5.91 Å². The third-order valence-electron chi connectivity index (χ3n) is 5.00. The average Bonchev–Trinajstić information content (AvgIpc) is 3.27. The molecule has 2 aromatic carbocycles. The van der Waals surface area contributed by atoms with Crippen molar-refractivity contribution >= 4 is 49.8 Å². The van der Waals surface area contributed by atoms with Crippen molar-refractivity contribution in [1.82, 2.24) is 9.21 Å². The average molecular weight is 447 g/mol. The molecule has 3 aromatic rings. The van der Waals surface area contributed by atoms with Crippen LogP contribution in [0.4, 0.5) is 0 Å². The van der Waals surface area contributed by atoms with Crippen LogP contribution in [0.1, 0.15) is 4.88 Å². The number of carbonyl (C=O) groups excluding carboxylic acids is 1. The fourth-order valence-electron chi connectivity index (χ4n) is 3.38. The molecule has 0 radical (unpaired) electrons. The monoisotopic (exact) mass is 446 g/mol. The lowest BCUT2D eigenvalue weighted by Crippen LogP contribution is -2.50. The van der Waals surface area contributed by atoms with Crippen molar-refractivity contribution < 1.29 is 13.2 Å². The fourth-order valence-corrected chi connectivity index (χ4v) is 6.61. The zero-order chi connectivity index (χ0) is 20.3. The van der Waals surface area contributed by atoms with Crippen LogP contribution in [0.3, 0.4) is 0 Å². The Morgan fingerprint density at radius 3 is 2.45 bits per heavy atom. The summed E-state index contributed by atoms with van der Waals surface area (Å²) in [6, 6.07) is 17.0. The third-order valence-corrected chi connectivity index (χ3v) is 8.92. The molecule has 5 nitrogen and oxygen atoms in total. The van der Waals surface area contributed by atoms with Crippen molar-refractivity contribution in [3.8, 4) is 0 Å². The van der Waals surface area contributed by atoms with Crippen molar-refractivity contribution in [2.75, 3.05) is 31.9 Å². The number of hydrogen-bond donors (Lipinski definition) is 0. The van der Waals surface area contributed by atoms with Gasteiger partial charge in [-0.05, 0) is 34.4 Å². The summed E-state index contributed by atoms with van der Waals surface area (Å²) in [5, 5.41) is 3.96. The molecule has 0 N–H and O–H groups in total. The van der Waals surface area contributed by atoms with Gasteiger partial charge in [-0.3, -0.25) is 4.79 Å². The number of hydrogen-bond acceptors (Lipinski definition) is 5. The Morgan fingerprint density at radius 2 is 1.72 bits per heavy atom. The molecule has 4 rings (SSSR count). The summed E-state index contributed by atoms with van der Waals surface area (Å²) in [7, 11) is -3.56. The van der Waals surface area contributed by atoms with Gasteiger partial charge in [-0.15, -0.1) is 23.1 Å². The zero-order valence-electron chi connectivity index (χ0n) is 15.9. The topological polar surface area (TPSA) is 57.7 Å². The van der Waals surface area contributed by atoms with Gasteiger partial charge in [0.25, 0.3) is 0 Å². The van der Waals surface area contributed by atoms with Crippen LogP contribution >= 0.6 is 23.1 Å². The maximum atomic E-state index is 13.0. The molecule has 0 unspecified atom stereocenters. The van der Waals surface area contributed by atoms with Gasteiger partial charge in [0.2, 0.25) is 15.9 Å². The molecule has 0 saturated carbocycles. The van der Waals surface area contributed by atoms with Crippen LogP contribution in [-0.4, -0.2) is 55.5 Å². The van der Waals surface area contributed by atoms with E-state index in [1.807, 2.05) is 41.8 Å². The summed E-state index contributed by atoms with van der Waals surface area (Å²) in [6.45, 7) is 1.53. The van der Waals surface area contributed by atoms with E-state index in [9.17, 15) is 13.2 Å². The number of amides is 1. The minimum absolute atomic E-state index is 0.0781. The molecular formula is C21H22N2O3S3. The Labute approximate surface area is 179 Å². The van der Waals surface area contributed by atoms with Crippen molar-refractivity contribution in [1.29, 1.82) is 0 Å². The number of rotatable bonds is 6. The molecule has 1 amide bonds. The lowest BCUT2D eigenvalue weighted by molar-refractivity contribution is -0.129. The first-order chi connectivity index (χ1) is 14.0. The van der Waals surface area contributed by atoms with Crippen LogP contribution in [0.2, 0.25) is 0 Å². The number of nitrogens with zero attached hydrogens (tertiary/aromatic N) is 2. The van der Waals surface area contributed by atoms with Gasteiger partial charge in [0.1, 0.15) is 0 Å². The normalized spacial score (nSPS) is 15.7. The van der Waals surface area contributed by atoms with Crippen LogP contribution in [0.25, 0.3) is 10.8 Å². The van der Waals surface area contributed by atoms with Crippen LogP contribution in [0.5, 0.6) is 0 Å². The molecule has 1 aromatic heterocycles. The summed E-state index contributed by atoms with van der Waals surface area (Å²) in [5.74, 6) is 1.34. The smallest absolute Gasteiger partial charge is 0.243 e. The standard InChI is InChI=1S/C21H22N2O3S3/c24-21(16-27-15-19-6-3-13-28-19)22-9-11-23(12-10-22)29(25,26)20-8-7-17-4-1-2-5-18(17)14-20/h1-8,13-14H,9-12,15-16H2. The van der Waals surface area contributed by atoms with Crippen LogP contribution in [0, 0.1) is 0 Å². The van der Waals surface area contributed by atoms with Gasteiger partial charge in [0.15, 0.2) is 0 Å². The highest BCUT2D eigenvalue weighted by Crippen LogP contribution is 2.23. The molecule has 152 valence electrons. The molecule has 0 atom stereocenters. The lowest BCUT2D eigenvalue weighted by atomic mass is 10.1. The van der Waals surface area contributed by atoms with E-state index in [1.54, 1.807) is 40.1 Å². The molecule has 1 aliphatic heterocycles. The molecule has 1 aliphatic rings. The van der Waals surface area contributed by atoms with Gasteiger partial charge in [-0.2, -0.15) is 4.31 Å². The maximum Gasteiger partial charge on any atom is 0.243 e. The number of carbonyl (C=O) groups is 1. The van der Waals surface area contributed by atoms with Crippen LogP contribution in [0.15, 0.2) is 64.9 Å². The highest BCUT2D eigenvalue weighted by atomic mass is 32.2. The number of thioether (sulfide) groups is 1. The Bertz CT molecular complexity index is 1090. The Balaban J connectivity index is 1.34. The van der Waals surface area contributed by atoms with E-state index >= 15 is 0 Å².